The van der Waals surface area contributed by atoms with Crippen LogP contribution < -0.4 is 4.90 Å². The third-order valence-electron chi connectivity index (χ3n) is 16.7. The van der Waals surface area contributed by atoms with Crippen LogP contribution in [0.3, 0.4) is 0 Å². The Hall–Kier alpha value is -7.50. The topological polar surface area (TPSA) is 16.4 Å². The Morgan fingerprint density at radius 3 is 1.32 bits per heavy atom. The second-order valence-corrected chi connectivity index (χ2v) is 24.9. The second kappa shape index (κ2) is 15.5. The average molecular weight is 988 g/mol. The van der Waals surface area contributed by atoms with Crippen LogP contribution in [0.2, 0.25) is 0 Å². The Kier molecular flexibility index (Phi) is 9.23. The average Bonchev–Trinajstić information content (AvgIpc) is 4.05. The monoisotopic (exact) mass is 987 g/mol. The molecule has 4 aliphatic rings. The maximum atomic E-state index is 6.73. The number of fused-ring (bicyclic) bond motifs is 21. The van der Waals surface area contributed by atoms with Crippen molar-refractivity contribution >= 4 is 62.5 Å². The number of anilines is 3. The molecule has 356 valence electrons. The molecular formula is C70H53NOS2. The zero-order chi connectivity index (χ0) is 49.9. The summed E-state index contributed by atoms with van der Waals surface area (Å²) >= 11 is 3.81. The first-order valence-electron chi connectivity index (χ1n) is 26.0. The maximum Gasteiger partial charge on any atom is 0.137 e. The molecular weight excluding hydrogens is 935 g/mol. The van der Waals surface area contributed by atoms with Crippen LogP contribution in [0, 0.1) is 0 Å². The van der Waals surface area contributed by atoms with Crippen molar-refractivity contribution in [3.63, 3.8) is 0 Å². The normalized spacial score (nSPS) is 15.0. The summed E-state index contributed by atoms with van der Waals surface area (Å²) in [6.07, 6.45) is 0. The molecule has 74 heavy (non-hydrogen) atoms. The summed E-state index contributed by atoms with van der Waals surface area (Å²) in [5.41, 5.74) is 22.2. The molecule has 4 heteroatoms. The zero-order valence-corrected chi connectivity index (χ0v) is 44.0. The van der Waals surface area contributed by atoms with E-state index in [-0.39, 0.29) is 10.8 Å². The molecule has 2 spiro atoms. The first kappa shape index (κ1) is 44.0. The first-order valence-corrected chi connectivity index (χ1v) is 27.6. The van der Waals surface area contributed by atoms with Gasteiger partial charge in [-0.2, -0.15) is 0 Å². The standard InChI is InChI=1S/C70H53NOS2/c1-67(2,3)42-30-36-64-57(38-42)70(58-39-43(68(4,5)6)31-37-65(58)74-64)52-22-11-8-19-47(52)49-35-33-45(41-56(49)70)71(59-25-17-27-61-66(59)50-20-9-14-26-60(50)72-61)44-32-34-48-46-18-7-10-21-51(46)69(55(48)40-44)53-23-12-15-28-62(53)73-63-29-16-13-24-54(63)69/h7-41H,1-6H3. The fourth-order valence-corrected chi connectivity index (χ4v) is 15.7. The highest BCUT2D eigenvalue weighted by Crippen LogP contribution is 2.65. The van der Waals surface area contributed by atoms with E-state index in [0.29, 0.717) is 0 Å². The molecule has 15 rings (SSSR count). The Balaban J connectivity index is 1.05. The van der Waals surface area contributed by atoms with Gasteiger partial charge < -0.3 is 9.32 Å². The number of rotatable bonds is 3. The number of hydrogen-bond acceptors (Lipinski definition) is 4. The predicted octanol–water partition coefficient (Wildman–Crippen LogP) is 19.3. The van der Waals surface area contributed by atoms with E-state index in [0.717, 1.165) is 39.0 Å². The van der Waals surface area contributed by atoms with Gasteiger partial charge in [-0.05, 0) is 155 Å². The van der Waals surface area contributed by atoms with E-state index in [2.05, 4.69) is 259 Å². The van der Waals surface area contributed by atoms with E-state index >= 15 is 0 Å². The highest BCUT2D eigenvalue weighted by Gasteiger charge is 2.53. The first-order chi connectivity index (χ1) is 35.9. The van der Waals surface area contributed by atoms with Crippen molar-refractivity contribution in [2.45, 2.75) is 82.8 Å². The molecule has 0 unspecified atom stereocenters. The summed E-state index contributed by atoms with van der Waals surface area (Å²) in [6.45, 7) is 14.1. The zero-order valence-electron chi connectivity index (χ0n) is 42.4. The molecule has 0 saturated carbocycles. The lowest BCUT2D eigenvalue weighted by Crippen LogP contribution is -2.33. The van der Waals surface area contributed by atoms with E-state index in [9.17, 15) is 0 Å². The molecule has 0 fully saturated rings. The van der Waals surface area contributed by atoms with Gasteiger partial charge in [0.2, 0.25) is 0 Å². The van der Waals surface area contributed by atoms with E-state index in [4.69, 9.17) is 4.42 Å². The van der Waals surface area contributed by atoms with Gasteiger partial charge in [0.1, 0.15) is 11.2 Å². The Bertz CT molecular complexity index is 4090. The van der Waals surface area contributed by atoms with Crippen molar-refractivity contribution in [3.8, 4) is 22.3 Å². The van der Waals surface area contributed by atoms with E-state index in [1.54, 1.807) is 0 Å². The van der Waals surface area contributed by atoms with Crippen molar-refractivity contribution in [1.29, 1.82) is 0 Å². The molecule has 1 aromatic heterocycles. The maximum absolute atomic E-state index is 6.73. The number of benzene rings is 10. The fraction of sp³-hybridized carbons (Fsp3) is 0.143. The van der Waals surface area contributed by atoms with Crippen LogP contribution in [0.4, 0.5) is 17.1 Å². The summed E-state index contributed by atoms with van der Waals surface area (Å²) in [4.78, 5) is 7.75. The van der Waals surface area contributed by atoms with Gasteiger partial charge in [0.25, 0.3) is 0 Å². The van der Waals surface area contributed by atoms with Gasteiger partial charge >= 0.3 is 0 Å². The van der Waals surface area contributed by atoms with Crippen LogP contribution in [-0.4, -0.2) is 0 Å². The molecule has 0 radical (unpaired) electrons. The highest BCUT2D eigenvalue weighted by molar-refractivity contribution is 7.99. The van der Waals surface area contributed by atoms with Gasteiger partial charge in [-0.25, -0.2) is 0 Å². The molecule has 0 bridgehead atoms. The number of hydrogen-bond donors (Lipinski definition) is 0. The summed E-state index contributed by atoms with van der Waals surface area (Å²) in [5, 5.41) is 2.20. The Labute approximate surface area is 442 Å². The second-order valence-electron chi connectivity index (χ2n) is 22.8. The molecule has 2 nitrogen and oxygen atoms in total. The molecule has 2 aliphatic carbocycles. The largest absolute Gasteiger partial charge is 0.456 e. The number of para-hydroxylation sites is 1. The minimum atomic E-state index is -0.600. The minimum absolute atomic E-state index is 0.0529. The molecule has 0 N–H and O–H groups in total. The van der Waals surface area contributed by atoms with Crippen LogP contribution in [0.1, 0.15) is 97.2 Å². The van der Waals surface area contributed by atoms with Crippen LogP contribution >= 0.6 is 23.5 Å². The fourth-order valence-electron chi connectivity index (χ4n) is 13.4. The Morgan fingerprint density at radius 1 is 0.351 bits per heavy atom. The minimum Gasteiger partial charge on any atom is -0.456 e. The lowest BCUT2D eigenvalue weighted by atomic mass is 9.65. The summed E-state index contributed by atoms with van der Waals surface area (Å²) in [7, 11) is 0. The molecule has 0 atom stereocenters. The number of furan rings is 1. The molecule has 2 aliphatic heterocycles. The molecule has 0 saturated heterocycles. The van der Waals surface area contributed by atoms with Crippen LogP contribution in [0.5, 0.6) is 0 Å². The molecule has 0 amide bonds. The van der Waals surface area contributed by atoms with Gasteiger partial charge in [-0.1, -0.05) is 211 Å². The van der Waals surface area contributed by atoms with E-state index < -0.39 is 10.8 Å². The van der Waals surface area contributed by atoms with Crippen molar-refractivity contribution in [3.05, 3.63) is 268 Å². The summed E-state index contributed by atoms with van der Waals surface area (Å²) in [5.74, 6) is 0. The lowest BCUT2D eigenvalue weighted by Gasteiger charge is -2.41. The molecule has 11 aromatic rings. The lowest BCUT2D eigenvalue weighted by molar-refractivity contribution is 0.581. The van der Waals surface area contributed by atoms with Crippen LogP contribution in [0.25, 0.3) is 44.2 Å². The van der Waals surface area contributed by atoms with E-state index in [1.807, 2.05) is 23.5 Å². The van der Waals surface area contributed by atoms with Gasteiger partial charge in [0.15, 0.2) is 0 Å². The smallest absolute Gasteiger partial charge is 0.137 e. The highest BCUT2D eigenvalue weighted by atomic mass is 32.2. The van der Waals surface area contributed by atoms with Crippen LogP contribution in [0.15, 0.2) is 236 Å². The summed E-state index contributed by atoms with van der Waals surface area (Å²) in [6, 6.07) is 81.0. The van der Waals surface area contributed by atoms with Crippen molar-refractivity contribution in [2.24, 2.45) is 0 Å². The molecule has 3 heterocycles. The van der Waals surface area contributed by atoms with E-state index in [1.165, 1.54) is 97.5 Å². The van der Waals surface area contributed by atoms with Gasteiger partial charge in [0, 0.05) is 36.3 Å². The van der Waals surface area contributed by atoms with Gasteiger partial charge in [-0.15, -0.1) is 0 Å². The predicted molar refractivity (Wildman–Crippen MR) is 309 cm³/mol. The van der Waals surface area contributed by atoms with Crippen LogP contribution in [-0.2, 0) is 21.7 Å². The van der Waals surface area contributed by atoms with Gasteiger partial charge in [0.05, 0.1) is 21.9 Å². The van der Waals surface area contributed by atoms with Crippen molar-refractivity contribution < 1.29 is 4.42 Å². The summed E-state index contributed by atoms with van der Waals surface area (Å²) < 4.78 is 6.73. The van der Waals surface area contributed by atoms with Crippen molar-refractivity contribution in [2.75, 3.05) is 4.90 Å². The van der Waals surface area contributed by atoms with Gasteiger partial charge in [-0.3, -0.25) is 0 Å². The Morgan fingerprint density at radius 2 is 0.784 bits per heavy atom. The van der Waals surface area contributed by atoms with Crippen molar-refractivity contribution in [1.82, 2.24) is 0 Å². The molecule has 10 aromatic carbocycles. The number of nitrogens with zero attached hydrogens (tertiary/aromatic N) is 1. The SMILES string of the molecule is CC(C)(C)c1ccc2c(c1)C1(c3cc(C(C)(C)C)ccc3S2)c2ccccc2-c2ccc(N(c3ccc4c(c3)C3(c5ccccc5Sc5ccccc53)c3ccccc3-4)c3cccc4oc5ccccc5c34)cc21. The third kappa shape index (κ3) is 5.93. The third-order valence-corrected chi connectivity index (χ3v) is 19.0. The quantitative estimate of drug-likeness (QED) is 0.175.